The second-order valence-corrected chi connectivity index (χ2v) is 9.78. The molecule has 1 aliphatic rings. The van der Waals surface area contributed by atoms with E-state index in [4.69, 9.17) is 9.72 Å². The van der Waals surface area contributed by atoms with E-state index in [2.05, 4.69) is 30.0 Å². The van der Waals surface area contributed by atoms with Gasteiger partial charge in [-0.1, -0.05) is 0 Å². The molecule has 1 aliphatic heterocycles. The van der Waals surface area contributed by atoms with Crippen LogP contribution >= 0.6 is 0 Å². The van der Waals surface area contributed by atoms with Crippen molar-refractivity contribution in [1.29, 1.82) is 0 Å². The molecule has 0 aliphatic carbocycles. The molecule has 194 valence electrons. The van der Waals surface area contributed by atoms with Crippen LogP contribution in [0.5, 0.6) is 5.75 Å². The summed E-state index contributed by atoms with van der Waals surface area (Å²) in [4.78, 5) is 19.4. The van der Waals surface area contributed by atoms with E-state index in [-0.39, 0.29) is 5.82 Å². The fourth-order valence-electron chi connectivity index (χ4n) is 5.27. The Morgan fingerprint density at radius 1 is 0.974 bits per heavy atom. The van der Waals surface area contributed by atoms with Crippen molar-refractivity contribution in [1.82, 2.24) is 35.0 Å². The maximum absolute atomic E-state index is 14.7. The number of aromatic amines is 2. The fourth-order valence-corrected chi connectivity index (χ4v) is 5.27. The number of nitrogens with zero attached hydrogens (tertiary/aromatic N) is 5. The van der Waals surface area contributed by atoms with E-state index in [1.165, 1.54) is 25.0 Å². The number of rotatable bonds is 7. The first-order valence-electron chi connectivity index (χ1n) is 13.1. The predicted molar refractivity (Wildman–Crippen MR) is 149 cm³/mol. The molecule has 0 saturated carbocycles. The Labute approximate surface area is 223 Å². The number of nitrogens with one attached hydrogen (secondary N) is 2. The number of benzene rings is 1. The van der Waals surface area contributed by atoms with Crippen molar-refractivity contribution in [3.05, 3.63) is 79.0 Å². The van der Waals surface area contributed by atoms with Gasteiger partial charge in [-0.25, -0.2) is 14.4 Å². The molecule has 0 bridgehead atoms. The first-order valence-corrected chi connectivity index (χ1v) is 13.1. The Kier molecular flexibility index (Phi) is 5.97. The summed E-state index contributed by atoms with van der Waals surface area (Å²) < 4.78 is 20.6. The SMILES string of the molecule is Fc1cc(OCCN2CCCC2)cc(-c2ccnc3[nH]c(-c4n[nH]c5ccc(-c6cccnc6)nc45)cc23)c1. The van der Waals surface area contributed by atoms with Crippen molar-refractivity contribution in [3.63, 3.8) is 0 Å². The van der Waals surface area contributed by atoms with Gasteiger partial charge in [-0.3, -0.25) is 15.0 Å². The van der Waals surface area contributed by atoms with Gasteiger partial charge in [0.05, 0.1) is 16.9 Å². The molecule has 0 amide bonds. The highest BCUT2D eigenvalue weighted by Gasteiger charge is 2.17. The second kappa shape index (κ2) is 9.92. The van der Waals surface area contributed by atoms with E-state index in [0.29, 0.717) is 23.7 Å². The summed E-state index contributed by atoms with van der Waals surface area (Å²) in [6.45, 7) is 3.59. The molecule has 1 saturated heterocycles. The molecule has 2 N–H and O–H groups in total. The zero-order chi connectivity index (χ0) is 26.2. The van der Waals surface area contributed by atoms with Gasteiger partial charge in [-0.2, -0.15) is 5.10 Å². The molecule has 8 nitrogen and oxygen atoms in total. The van der Waals surface area contributed by atoms with Crippen LogP contribution in [-0.2, 0) is 0 Å². The van der Waals surface area contributed by atoms with Crippen LogP contribution in [0.4, 0.5) is 4.39 Å². The number of hydrogen-bond donors (Lipinski definition) is 2. The smallest absolute Gasteiger partial charge is 0.138 e. The van der Waals surface area contributed by atoms with Gasteiger partial charge in [-0.15, -0.1) is 0 Å². The Morgan fingerprint density at radius 3 is 2.77 bits per heavy atom. The van der Waals surface area contributed by atoms with Crippen LogP contribution in [0.25, 0.3) is 55.8 Å². The van der Waals surface area contributed by atoms with E-state index < -0.39 is 0 Å². The monoisotopic (exact) mass is 519 g/mol. The van der Waals surface area contributed by atoms with Gasteiger partial charge in [0, 0.05) is 42.2 Å². The summed E-state index contributed by atoms with van der Waals surface area (Å²) in [5.41, 5.74) is 7.03. The maximum atomic E-state index is 14.7. The molecule has 0 spiro atoms. The van der Waals surface area contributed by atoms with Crippen molar-refractivity contribution >= 4 is 22.1 Å². The number of H-pyrrole nitrogens is 2. The fraction of sp³-hybridized carbons (Fsp3) is 0.200. The van der Waals surface area contributed by atoms with Crippen LogP contribution in [0.1, 0.15) is 12.8 Å². The molecule has 5 aromatic heterocycles. The number of aromatic nitrogens is 6. The highest BCUT2D eigenvalue weighted by Crippen LogP contribution is 2.35. The lowest BCUT2D eigenvalue weighted by Crippen LogP contribution is -2.25. The Morgan fingerprint density at radius 2 is 1.90 bits per heavy atom. The van der Waals surface area contributed by atoms with Crippen molar-refractivity contribution in [2.24, 2.45) is 0 Å². The molecule has 6 aromatic rings. The number of hydrogen-bond acceptors (Lipinski definition) is 6. The van der Waals surface area contributed by atoms with E-state index >= 15 is 0 Å². The van der Waals surface area contributed by atoms with Gasteiger partial charge >= 0.3 is 0 Å². The number of pyridine rings is 3. The first kappa shape index (κ1) is 23.5. The molecule has 39 heavy (non-hydrogen) atoms. The lowest BCUT2D eigenvalue weighted by atomic mass is 10.0. The lowest BCUT2D eigenvalue weighted by Gasteiger charge is -2.15. The Balaban J connectivity index is 1.23. The number of likely N-dealkylation sites (tertiary alicyclic amines) is 1. The molecular weight excluding hydrogens is 493 g/mol. The molecule has 7 rings (SSSR count). The molecule has 1 fully saturated rings. The van der Waals surface area contributed by atoms with Crippen molar-refractivity contribution in [2.75, 3.05) is 26.2 Å². The topological polar surface area (TPSA) is 95.6 Å². The highest BCUT2D eigenvalue weighted by molar-refractivity contribution is 5.99. The van der Waals surface area contributed by atoms with Crippen LogP contribution in [0.3, 0.4) is 0 Å². The average Bonchev–Trinajstić information content (AvgIpc) is 3.72. The number of ether oxygens (including phenoxy) is 1. The summed E-state index contributed by atoms with van der Waals surface area (Å²) >= 11 is 0. The van der Waals surface area contributed by atoms with Crippen LogP contribution in [0.2, 0.25) is 0 Å². The summed E-state index contributed by atoms with van der Waals surface area (Å²) in [6.07, 6.45) is 7.71. The number of halogens is 1. The minimum absolute atomic E-state index is 0.338. The van der Waals surface area contributed by atoms with Gasteiger partial charge in [0.15, 0.2) is 0 Å². The van der Waals surface area contributed by atoms with E-state index in [1.807, 2.05) is 42.5 Å². The molecule has 1 aromatic carbocycles. The van der Waals surface area contributed by atoms with Gasteiger partial charge < -0.3 is 9.72 Å². The summed E-state index contributed by atoms with van der Waals surface area (Å²) in [7, 11) is 0. The minimum atomic E-state index is -0.338. The third-order valence-electron chi connectivity index (χ3n) is 7.21. The van der Waals surface area contributed by atoms with E-state index in [1.54, 1.807) is 18.6 Å². The Hall–Kier alpha value is -4.63. The largest absolute Gasteiger partial charge is 0.492 e. The van der Waals surface area contributed by atoms with Crippen molar-refractivity contribution in [2.45, 2.75) is 12.8 Å². The zero-order valence-corrected chi connectivity index (χ0v) is 21.2. The number of fused-ring (bicyclic) bond motifs is 2. The molecule has 0 atom stereocenters. The Bertz CT molecular complexity index is 1770. The van der Waals surface area contributed by atoms with Gasteiger partial charge in [-0.05, 0) is 85.6 Å². The maximum Gasteiger partial charge on any atom is 0.138 e. The van der Waals surface area contributed by atoms with Crippen LogP contribution < -0.4 is 4.74 Å². The lowest BCUT2D eigenvalue weighted by molar-refractivity contribution is 0.237. The second-order valence-electron chi connectivity index (χ2n) is 9.78. The summed E-state index contributed by atoms with van der Waals surface area (Å²) in [5, 5.41) is 8.48. The molecular formula is C30H26FN7O. The van der Waals surface area contributed by atoms with Crippen molar-refractivity contribution < 1.29 is 9.13 Å². The summed E-state index contributed by atoms with van der Waals surface area (Å²) in [6, 6.07) is 16.5. The normalized spacial score (nSPS) is 14.0. The standard InChI is InChI=1S/C30H26FN7O/c31-21-14-20(15-22(16-21)39-13-12-38-10-1-2-11-38)23-7-9-33-30-24(23)17-27(35-30)29-28-26(36-37-29)6-5-25(34-28)19-4-3-8-32-18-19/h3-9,14-18H,1-2,10-13H2,(H,33,35)(H,36,37). The quantitative estimate of drug-likeness (QED) is 0.275. The molecule has 6 heterocycles. The first-order chi connectivity index (χ1) is 19.2. The molecule has 9 heteroatoms. The van der Waals surface area contributed by atoms with Gasteiger partial charge in [0.2, 0.25) is 0 Å². The van der Waals surface area contributed by atoms with Crippen LogP contribution in [-0.4, -0.2) is 61.3 Å². The van der Waals surface area contributed by atoms with Crippen LogP contribution in [0.15, 0.2) is 73.2 Å². The zero-order valence-electron chi connectivity index (χ0n) is 21.2. The third kappa shape index (κ3) is 4.61. The minimum Gasteiger partial charge on any atom is -0.492 e. The van der Waals surface area contributed by atoms with E-state index in [0.717, 1.165) is 64.1 Å². The third-order valence-corrected chi connectivity index (χ3v) is 7.21. The van der Waals surface area contributed by atoms with Crippen molar-refractivity contribution in [3.8, 4) is 39.5 Å². The average molecular weight is 520 g/mol. The van der Waals surface area contributed by atoms with Gasteiger partial charge in [0.25, 0.3) is 0 Å². The van der Waals surface area contributed by atoms with Gasteiger partial charge in [0.1, 0.15) is 35.0 Å². The van der Waals surface area contributed by atoms with E-state index in [9.17, 15) is 4.39 Å². The summed E-state index contributed by atoms with van der Waals surface area (Å²) in [5.74, 6) is 0.185. The molecule has 0 radical (unpaired) electrons. The molecule has 0 unspecified atom stereocenters. The highest BCUT2D eigenvalue weighted by atomic mass is 19.1. The van der Waals surface area contributed by atoms with Crippen LogP contribution in [0, 0.1) is 5.82 Å². The predicted octanol–water partition coefficient (Wildman–Crippen LogP) is 5.84.